The topological polar surface area (TPSA) is 109 Å². The number of hydrogen-bond donors (Lipinski definition) is 1. The number of hydrogen-bond acceptors (Lipinski definition) is 6. The number of methoxy groups -OCH3 is 1. The molecule has 9 heteroatoms. The third-order valence-corrected chi connectivity index (χ3v) is 4.58. The summed E-state index contributed by atoms with van der Waals surface area (Å²) in [5.41, 5.74) is 1.45. The van der Waals surface area contributed by atoms with Crippen molar-refractivity contribution < 1.29 is 19.5 Å². The van der Waals surface area contributed by atoms with Crippen molar-refractivity contribution in [1.82, 2.24) is 9.13 Å². The van der Waals surface area contributed by atoms with E-state index < -0.39 is 11.0 Å². The van der Waals surface area contributed by atoms with Crippen molar-refractivity contribution >= 4 is 5.69 Å². The van der Waals surface area contributed by atoms with E-state index in [4.69, 9.17) is 9.47 Å². The second-order valence-electron chi connectivity index (χ2n) is 6.83. The smallest absolute Gasteiger partial charge is 0.333 e. The molecule has 0 radical (unpaired) electrons. The molecule has 158 valence electrons. The van der Waals surface area contributed by atoms with E-state index in [9.17, 15) is 20.0 Å². The fourth-order valence-corrected chi connectivity index (χ4v) is 3.12. The lowest BCUT2D eigenvalue weighted by Crippen LogP contribution is -2.30. The second kappa shape index (κ2) is 9.38. The van der Waals surface area contributed by atoms with Gasteiger partial charge in [-0.1, -0.05) is 18.2 Å². The first-order chi connectivity index (χ1) is 14.4. The van der Waals surface area contributed by atoms with E-state index in [1.165, 1.54) is 27.3 Å². The lowest BCUT2D eigenvalue weighted by Gasteiger charge is -2.12. The maximum atomic E-state index is 12.8. The Morgan fingerprint density at radius 1 is 1.20 bits per heavy atom. The third-order valence-electron chi connectivity index (χ3n) is 4.58. The maximum absolute atomic E-state index is 12.8. The van der Waals surface area contributed by atoms with Crippen molar-refractivity contribution in [2.24, 2.45) is 0 Å². The van der Waals surface area contributed by atoms with E-state index in [2.05, 4.69) is 0 Å². The number of aliphatic hydroxyl groups excluding tert-OH is 1. The van der Waals surface area contributed by atoms with Gasteiger partial charge >= 0.3 is 5.69 Å². The van der Waals surface area contributed by atoms with Gasteiger partial charge in [-0.05, 0) is 30.7 Å². The minimum atomic E-state index is -0.888. The molecule has 0 saturated heterocycles. The van der Waals surface area contributed by atoms with Crippen LogP contribution in [0.3, 0.4) is 0 Å². The normalized spacial score (nSPS) is 12.0. The van der Waals surface area contributed by atoms with Gasteiger partial charge in [-0.3, -0.25) is 19.2 Å². The van der Waals surface area contributed by atoms with Crippen LogP contribution in [0, 0.1) is 17.0 Å². The summed E-state index contributed by atoms with van der Waals surface area (Å²) in [7, 11) is 1.60. The lowest BCUT2D eigenvalue weighted by atomic mass is 10.2. The molecule has 1 aromatic heterocycles. The number of non-ortho nitro benzene ring substituents is 1. The van der Waals surface area contributed by atoms with Gasteiger partial charge in [0.05, 0.1) is 43.6 Å². The first-order valence-corrected chi connectivity index (χ1v) is 9.31. The van der Waals surface area contributed by atoms with Crippen LogP contribution in [0.4, 0.5) is 5.69 Å². The van der Waals surface area contributed by atoms with Gasteiger partial charge in [0.2, 0.25) is 0 Å². The molecule has 0 saturated carbocycles. The average Bonchev–Trinajstić information content (AvgIpc) is 3.01. The van der Waals surface area contributed by atoms with E-state index in [0.29, 0.717) is 18.0 Å². The predicted octanol–water partition coefficient (Wildman–Crippen LogP) is 2.44. The van der Waals surface area contributed by atoms with Crippen LogP contribution >= 0.6 is 0 Å². The number of imidazole rings is 1. The number of aliphatic hydroxyl groups is 1. The Bertz CT molecular complexity index is 1070. The molecule has 1 heterocycles. The van der Waals surface area contributed by atoms with Gasteiger partial charge in [0, 0.05) is 24.0 Å². The number of nitro groups is 1. The Kier molecular flexibility index (Phi) is 6.65. The first kappa shape index (κ1) is 21.3. The highest BCUT2D eigenvalue weighted by atomic mass is 16.6. The quantitative estimate of drug-likeness (QED) is 0.426. The Morgan fingerprint density at radius 3 is 2.60 bits per heavy atom. The Balaban J connectivity index is 1.64. The third kappa shape index (κ3) is 4.94. The van der Waals surface area contributed by atoms with E-state index in [-0.39, 0.29) is 24.5 Å². The lowest BCUT2D eigenvalue weighted by molar-refractivity contribution is -0.384. The van der Waals surface area contributed by atoms with Crippen LogP contribution < -0.4 is 10.4 Å². The molecule has 1 atom stereocenters. The van der Waals surface area contributed by atoms with Crippen LogP contribution in [0.25, 0.3) is 5.69 Å². The second-order valence-corrected chi connectivity index (χ2v) is 6.83. The van der Waals surface area contributed by atoms with Gasteiger partial charge in [0.25, 0.3) is 5.69 Å². The van der Waals surface area contributed by atoms with Gasteiger partial charge in [-0.2, -0.15) is 0 Å². The van der Waals surface area contributed by atoms with Crippen molar-refractivity contribution in [3.05, 3.63) is 86.6 Å². The molecule has 0 aliphatic rings. The fraction of sp³-hybridized carbons (Fsp3) is 0.286. The number of aromatic nitrogens is 2. The van der Waals surface area contributed by atoms with E-state index in [0.717, 1.165) is 11.3 Å². The summed E-state index contributed by atoms with van der Waals surface area (Å²) >= 11 is 0. The Labute approximate surface area is 172 Å². The minimum absolute atomic E-state index is 0.0458. The molecule has 0 bridgehead atoms. The molecule has 0 unspecified atom stereocenters. The molecule has 30 heavy (non-hydrogen) atoms. The van der Waals surface area contributed by atoms with E-state index in [1.54, 1.807) is 26.3 Å². The number of nitrogens with zero attached hydrogens (tertiary/aromatic N) is 3. The summed E-state index contributed by atoms with van der Waals surface area (Å²) in [6.07, 6.45) is 0.717. The molecular formula is C21H23N3O6. The monoisotopic (exact) mass is 413 g/mol. The molecule has 0 fully saturated rings. The van der Waals surface area contributed by atoms with Crippen LogP contribution in [-0.2, 0) is 17.9 Å². The van der Waals surface area contributed by atoms with Crippen LogP contribution in [0.5, 0.6) is 5.75 Å². The van der Waals surface area contributed by atoms with Gasteiger partial charge in [0.15, 0.2) is 0 Å². The Morgan fingerprint density at radius 2 is 1.93 bits per heavy atom. The summed E-state index contributed by atoms with van der Waals surface area (Å²) in [5, 5.41) is 21.3. The molecule has 3 rings (SSSR count). The van der Waals surface area contributed by atoms with Crippen LogP contribution in [0.1, 0.15) is 11.3 Å². The highest BCUT2D eigenvalue weighted by Gasteiger charge is 2.15. The van der Waals surface area contributed by atoms with Crippen molar-refractivity contribution in [2.45, 2.75) is 26.2 Å². The standard InChI is InChI=1S/C21H23N3O6/c1-15-11-22(21(26)23(15)17-4-3-5-18(10-17)24(27)28)12-19(25)14-30-13-16-6-8-20(29-2)9-7-16/h3-11,19,25H,12-14H2,1-2H3/t19-/m1/s1. The summed E-state index contributed by atoms with van der Waals surface area (Å²) in [4.78, 5) is 23.2. The van der Waals surface area contributed by atoms with Crippen molar-refractivity contribution in [1.29, 1.82) is 0 Å². The van der Waals surface area contributed by atoms with Crippen LogP contribution in [0.2, 0.25) is 0 Å². The van der Waals surface area contributed by atoms with Gasteiger partial charge in [-0.15, -0.1) is 0 Å². The number of aryl methyl sites for hydroxylation is 1. The molecule has 9 nitrogen and oxygen atoms in total. The molecule has 0 amide bonds. The van der Waals surface area contributed by atoms with Gasteiger partial charge in [0.1, 0.15) is 5.75 Å². The highest BCUT2D eigenvalue weighted by Crippen LogP contribution is 2.17. The minimum Gasteiger partial charge on any atom is -0.497 e. The van der Waals surface area contributed by atoms with Crippen LogP contribution in [0.15, 0.2) is 59.5 Å². The summed E-state index contributed by atoms with van der Waals surface area (Å²) in [6.45, 7) is 2.15. The largest absolute Gasteiger partial charge is 0.497 e. The number of nitro benzene ring substituents is 1. The van der Waals surface area contributed by atoms with Crippen molar-refractivity contribution in [2.75, 3.05) is 13.7 Å². The Hall–Kier alpha value is -3.43. The molecular weight excluding hydrogens is 390 g/mol. The van der Waals surface area contributed by atoms with Crippen LogP contribution in [-0.4, -0.2) is 39.0 Å². The molecule has 0 spiro atoms. The molecule has 2 aromatic carbocycles. The van der Waals surface area contributed by atoms with Gasteiger partial charge in [-0.25, -0.2) is 4.79 Å². The summed E-state index contributed by atoms with van der Waals surface area (Å²) in [6, 6.07) is 13.3. The first-order valence-electron chi connectivity index (χ1n) is 9.31. The number of ether oxygens (including phenoxy) is 2. The average molecular weight is 413 g/mol. The molecule has 3 aromatic rings. The van der Waals surface area contributed by atoms with Gasteiger partial charge < -0.3 is 14.6 Å². The zero-order chi connectivity index (χ0) is 21.7. The number of benzene rings is 2. The fourth-order valence-electron chi connectivity index (χ4n) is 3.12. The van der Waals surface area contributed by atoms with E-state index >= 15 is 0 Å². The molecule has 0 aliphatic carbocycles. The van der Waals surface area contributed by atoms with Crippen molar-refractivity contribution in [3.8, 4) is 11.4 Å². The predicted molar refractivity (Wildman–Crippen MR) is 110 cm³/mol. The highest BCUT2D eigenvalue weighted by molar-refractivity contribution is 5.44. The summed E-state index contributed by atoms with van der Waals surface area (Å²) in [5.74, 6) is 0.752. The van der Waals surface area contributed by atoms with Crippen molar-refractivity contribution in [3.63, 3.8) is 0 Å². The zero-order valence-electron chi connectivity index (χ0n) is 16.7. The number of rotatable bonds is 9. The van der Waals surface area contributed by atoms with E-state index in [1.807, 2.05) is 24.3 Å². The molecule has 1 N–H and O–H groups in total. The molecule has 0 aliphatic heterocycles. The zero-order valence-corrected chi connectivity index (χ0v) is 16.7. The maximum Gasteiger partial charge on any atom is 0.333 e. The SMILES string of the molecule is COc1ccc(COC[C@H](O)Cn2cc(C)n(-c3cccc([N+](=O)[O-])c3)c2=O)cc1. The summed E-state index contributed by atoms with van der Waals surface area (Å²) < 4.78 is 13.4.